The molecule has 0 atom stereocenters. The van der Waals surface area contributed by atoms with Crippen LogP contribution in [0.4, 0.5) is 5.69 Å². The maximum absolute atomic E-state index is 12.3. The molecule has 0 aliphatic carbocycles. The van der Waals surface area contributed by atoms with E-state index in [9.17, 15) is 4.79 Å². The third-order valence-electron chi connectivity index (χ3n) is 3.26. The predicted octanol–water partition coefficient (Wildman–Crippen LogP) is 2.97. The van der Waals surface area contributed by atoms with Gasteiger partial charge in [-0.15, -0.1) is 0 Å². The van der Waals surface area contributed by atoms with Crippen LogP contribution in [0.5, 0.6) is 0 Å². The number of ether oxygens (including phenoxy) is 1. The van der Waals surface area contributed by atoms with Gasteiger partial charge in [0.1, 0.15) is 5.54 Å². The summed E-state index contributed by atoms with van der Waals surface area (Å²) >= 11 is 6.92. The molecule has 0 unspecified atom stereocenters. The molecule has 1 saturated heterocycles. The van der Waals surface area contributed by atoms with Crippen molar-refractivity contribution < 1.29 is 9.53 Å². The van der Waals surface area contributed by atoms with Gasteiger partial charge in [-0.25, -0.2) is 0 Å². The molecule has 104 valence electrons. The van der Waals surface area contributed by atoms with Crippen molar-refractivity contribution in [2.24, 2.45) is 5.73 Å². The molecule has 0 aromatic heterocycles. The Morgan fingerprint density at radius 2 is 1.84 bits per heavy atom. The molecule has 1 aromatic rings. The first-order valence-corrected chi connectivity index (χ1v) is 7.65. The minimum absolute atomic E-state index is 0.166. The molecule has 1 heterocycles. The van der Waals surface area contributed by atoms with Crippen molar-refractivity contribution >= 4 is 43.5 Å². The summed E-state index contributed by atoms with van der Waals surface area (Å²) in [5.41, 5.74) is 7.13. The first kappa shape index (κ1) is 15.0. The Morgan fingerprint density at radius 1 is 1.32 bits per heavy atom. The number of halogens is 2. The highest BCUT2D eigenvalue weighted by molar-refractivity contribution is 9.11. The average Bonchev–Trinajstić information content (AvgIpc) is 2.34. The van der Waals surface area contributed by atoms with Gasteiger partial charge in [0, 0.05) is 22.2 Å². The monoisotopic (exact) mass is 390 g/mol. The van der Waals surface area contributed by atoms with E-state index in [-0.39, 0.29) is 5.91 Å². The Balaban J connectivity index is 2.19. The maximum Gasteiger partial charge on any atom is 0.244 e. The van der Waals surface area contributed by atoms with Crippen molar-refractivity contribution in [3.05, 3.63) is 26.6 Å². The van der Waals surface area contributed by atoms with E-state index >= 15 is 0 Å². The number of anilines is 1. The van der Waals surface area contributed by atoms with Crippen molar-refractivity contribution in [1.29, 1.82) is 0 Å². The fourth-order valence-electron chi connectivity index (χ4n) is 2.02. The zero-order valence-electron chi connectivity index (χ0n) is 10.6. The lowest BCUT2D eigenvalue weighted by Gasteiger charge is -2.32. The molecule has 1 aliphatic rings. The van der Waals surface area contributed by atoms with Gasteiger partial charge in [-0.2, -0.15) is 0 Å². The zero-order chi connectivity index (χ0) is 14.0. The normalized spacial score (nSPS) is 18.1. The summed E-state index contributed by atoms with van der Waals surface area (Å²) < 4.78 is 6.92. The smallest absolute Gasteiger partial charge is 0.244 e. The Bertz CT molecular complexity index is 476. The first-order chi connectivity index (χ1) is 8.92. The number of carbonyl (C=O) groups is 1. The molecule has 1 aliphatic heterocycles. The third kappa shape index (κ3) is 3.37. The van der Waals surface area contributed by atoms with Gasteiger partial charge in [-0.1, -0.05) is 0 Å². The molecule has 0 spiro atoms. The molecule has 0 bridgehead atoms. The summed E-state index contributed by atoms with van der Waals surface area (Å²) in [4.78, 5) is 12.3. The molecule has 0 saturated carbocycles. The van der Waals surface area contributed by atoms with Crippen LogP contribution in [0.15, 0.2) is 21.1 Å². The van der Waals surface area contributed by atoms with Crippen molar-refractivity contribution in [3.63, 3.8) is 0 Å². The second-order valence-corrected chi connectivity index (χ2v) is 6.53. The van der Waals surface area contributed by atoms with E-state index in [0.29, 0.717) is 31.7 Å². The fourth-order valence-corrected chi connectivity index (χ4v) is 3.63. The van der Waals surface area contributed by atoms with Crippen molar-refractivity contribution in [2.75, 3.05) is 18.5 Å². The van der Waals surface area contributed by atoms with Crippen LogP contribution in [0.3, 0.4) is 0 Å². The number of hydrogen-bond donors (Lipinski definition) is 2. The molecule has 1 aromatic carbocycles. The lowest BCUT2D eigenvalue weighted by molar-refractivity contribution is -0.124. The molecule has 6 heteroatoms. The van der Waals surface area contributed by atoms with Gasteiger partial charge in [-0.05, 0) is 69.3 Å². The van der Waals surface area contributed by atoms with E-state index in [1.54, 1.807) is 0 Å². The standard InChI is InChI=1S/C13H16Br2N2O2/c1-8-6-9(14)11(10(15)7-8)17-12(18)13(16)2-4-19-5-3-13/h6-7H,2-5,16H2,1H3,(H,17,18). The van der Waals surface area contributed by atoms with Crippen LogP contribution < -0.4 is 11.1 Å². The van der Waals surface area contributed by atoms with Gasteiger partial charge in [0.05, 0.1) is 5.69 Å². The molecule has 0 radical (unpaired) electrons. The fraction of sp³-hybridized carbons (Fsp3) is 0.462. The maximum atomic E-state index is 12.3. The summed E-state index contributed by atoms with van der Waals surface area (Å²) in [7, 11) is 0. The van der Waals surface area contributed by atoms with Crippen LogP contribution in [0.1, 0.15) is 18.4 Å². The minimum atomic E-state index is -0.845. The Labute approximate surface area is 129 Å². The van der Waals surface area contributed by atoms with Crippen LogP contribution in [0.25, 0.3) is 0 Å². The Hall–Kier alpha value is -0.430. The Kier molecular flexibility index (Phi) is 4.66. The van der Waals surface area contributed by atoms with E-state index < -0.39 is 5.54 Å². The number of aryl methyl sites for hydroxylation is 1. The zero-order valence-corrected chi connectivity index (χ0v) is 13.8. The third-order valence-corrected chi connectivity index (χ3v) is 4.51. The quantitative estimate of drug-likeness (QED) is 0.814. The van der Waals surface area contributed by atoms with E-state index in [2.05, 4.69) is 37.2 Å². The van der Waals surface area contributed by atoms with Crippen LogP contribution >= 0.6 is 31.9 Å². The average molecular weight is 392 g/mol. The largest absolute Gasteiger partial charge is 0.381 e. The number of carbonyl (C=O) groups excluding carboxylic acids is 1. The number of hydrogen-bond acceptors (Lipinski definition) is 3. The number of nitrogens with two attached hydrogens (primary N) is 1. The summed E-state index contributed by atoms with van der Waals surface area (Å²) in [6, 6.07) is 3.90. The highest BCUT2D eigenvalue weighted by Gasteiger charge is 2.36. The second-order valence-electron chi connectivity index (χ2n) is 4.83. The number of benzene rings is 1. The second kappa shape index (κ2) is 5.91. The van der Waals surface area contributed by atoms with Gasteiger partial charge >= 0.3 is 0 Å². The lowest BCUT2D eigenvalue weighted by atomic mass is 9.90. The van der Waals surface area contributed by atoms with Gasteiger partial charge in [0.2, 0.25) is 5.91 Å². The minimum Gasteiger partial charge on any atom is -0.381 e. The Morgan fingerprint density at radius 3 is 2.37 bits per heavy atom. The van der Waals surface area contributed by atoms with E-state index in [4.69, 9.17) is 10.5 Å². The van der Waals surface area contributed by atoms with Crippen molar-refractivity contribution in [1.82, 2.24) is 0 Å². The van der Waals surface area contributed by atoms with Crippen LogP contribution in [-0.2, 0) is 9.53 Å². The molecule has 2 rings (SSSR count). The molecule has 1 amide bonds. The van der Waals surface area contributed by atoms with Crippen LogP contribution in [-0.4, -0.2) is 24.7 Å². The van der Waals surface area contributed by atoms with Crippen LogP contribution in [0, 0.1) is 6.92 Å². The van der Waals surface area contributed by atoms with E-state index in [1.165, 1.54) is 0 Å². The van der Waals surface area contributed by atoms with Gasteiger partial charge in [0.25, 0.3) is 0 Å². The predicted molar refractivity (Wildman–Crippen MR) is 82.2 cm³/mol. The van der Waals surface area contributed by atoms with Gasteiger partial charge < -0.3 is 15.8 Å². The first-order valence-electron chi connectivity index (χ1n) is 6.06. The summed E-state index contributed by atoms with van der Waals surface area (Å²) in [5.74, 6) is -0.166. The molecular weight excluding hydrogens is 376 g/mol. The van der Waals surface area contributed by atoms with Gasteiger partial charge in [0.15, 0.2) is 0 Å². The summed E-state index contributed by atoms with van der Waals surface area (Å²) in [6.45, 7) is 3.05. The molecule has 19 heavy (non-hydrogen) atoms. The summed E-state index contributed by atoms with van der Waals surface area (Å²) in [5, 5.41) is 2.90. The molecular formula is C13H16Br2N2O2. The number of rotatable bonds is 2. The lowest BCUT2D eigenvalue weighted by Crippen LogP contribution is -2.54. The van der Waals surface area contributed by atoms with Crippen LogP contribution in [0.2, 0.25) is 0 Å². The molecule has 1 fully saturated rings. The van der Waals surface area contributed by atoms with Crippen molar-refractivity contribution in [3.8, 4) is 0 Å². The molecule has 4 nitrogen and oxygen atoms in total. The van der Waals surface area contributed by atoms with E-state index in [0.717, 1.165) is 14.5 Å². The molecule has 3 N–H and O–H groups in total. The number of amides is 1. The topological polar surface area (TPSA) is 64.4 Å². The number of nitrogens with one attached hydrogen (secondary N) is 1. The highest BCUT2D eigenvalue weighted by atomic mass is 79.9. The summed E-state index contributed by atoms with van der Waals surface area (Å²) in [6.07, 6.45) is 1.08. The van der Waals surface area contributed by atoms with Gasteiger partial charge in [-0.3, -0.25) is 4.79 Å². The van der Waals surface area contributed by atoms with Crippen molar-refractivity contribution in [2.45, 2.75) is 25.3 Å². The highest BCUT2D eigenvalue weighted by Crippen LogP contribution is 2.33. The SMILES string of the molecule is Cc1cc(Br)c(NC(=O)C2(N)CCOCC2)c(Br)c1. The van der Waals surface area contributed by atoms with E-state index in [1.807, 2.05) is 19.1 Å².